The van der Waals surface area contributed by atoms with E-state index in [1.165, 1.54) is 0 Å². The van der Waals surface area contributed by atoms with Crippen molar-refractivity contribution in [3.63, 3.8) is 0 Å². The molecule has 0 amide bonds. The summed E-state index contributed by atoms with van der Waals surface area (Å²) in [5.41, 5.74) is -1.03. The third kappa shape index (κ3) is 1.12. The highest BCUT2D eigenvalue weighted by atomic mass is 16.6. The first-order valence-electron chi connectivity index (χ1n) is 4.39. The van der Waals surface area contributed by atoms with Crippen LogP contribution in [-0.4, -0.2) is 56.5 Å². The molecule has 0 aromatic rings. The Labute approximate surface area is 75.6 Å². The molecule has 1 spiro atoms. The number of ether oxygens (including phenoxy) is 1. The number of hydrogen-bond donors (Lipinski definition) is 4. The Morgan fingerprint density at radius 2 is 1.69 bits per heavy atom. The summed E-state index contributed by atoms with van der Waals surface area (Å²) >= 11 is 0. The minimum Gasteiger partial charge on any atom is -0.390 e. The lowest BCUT2D eigenvalue weighted by molar-refractivity contribution is -0.236. The van der Waals surface area contributed by atoms with Gasteiger partial charge < -0.3 is 25.2 Å². The molecule has 76 valence electrons. The van der Waals surface area contributed by atoms with Gasteiger partial charge in [0.15, 0.2) is 0 Å². The van der Waals surface area contributed by atoms with Crippen LogP contribution in [0.5, 0.6) is 0 Å². The molecular formula is C8H14O5. The summed E-state index contributed by atoms with van der Waals surface area (Å²) in [7, 11) is 0. The minimum absolute atomic E-state index is 0.322. The lowest BCUT2D eigenvalue weighted by atomic mass is 9.94. The van der Waals surface area contributed by atoms with Gasteiger partial charge in [0.2, 0.25) is 0 Å². The maximum atomic E-state index is 9.53. The zero-order valence-corrected chi connectivity index (χ0v) is 7.29. The predicted molar refractivity (Wildman–Crippen MR) is 41.9 cm³/mol. The molecule has 1 saturated carbocycles. The van der Waals surface area contributed by atoms with Gasteiger partial charge in [-0.15, -0.1) is 0 Å². The number of hydrogen-bond acceptors (Lipinski definition) is 5. The van der Waals surface area contributed by atoms with Crippen LogP contribution in [0.15, 0.2) is 0 Å². The van der Waals surface area contributed by atoms with E-state index in [2.05, 4.69) is 0 Å². The molecule has 13 heavy (non-hydrogen) atoms. The highest BCUT2D eigenvalue weighted by Gasteiger charge is 2.66. The van der Waals surface area contributed by atoms with E-state index in [1.54, 1.807) is 6.92 Å². The molecule has 1 aliphatic carbocycles. The second-order valence-corrected chi connectivity index (χ2v) is 3.92. The zero-order chi connectivity index (χ0) is 9.80. The first-order chi connectivity index (χ1) is 5.99. The number of rotatable bonds is 0. The van der Waals surface area contributed by atoms with E-state index in [-0.39, 0.29) is 0 Å². The van der Waals surface area contributed by atoms with Crippen LogP contribution in [0.3, 0.4) is 0 Å². The standard InChI is InChI=1S/C8H14O5/c1-3-5(10)6(11)7(12)8(13-3)2-4(8)9/h3-7,9-12H,2H2,1H3/t3?,4-,5+,6+,7+,8-/m1/s1. The fourth-order valence-corrected chi connectivity index (χ4v) is 1.93. The normalized spacial score (nSPS) is 61.2. The largest absolute Gasteiger partial charge is 0.390 e. The predicted octanol–water partition coefficient (Wildman–Crippen LogP) is -2.01. The molecule has 0 radical (unpaired) electrons. The lowest BCUT2D eigenvalue weighted by Gasteiger charge is -2.40. The quantitative estimate of drug-likeness (QED) is 0.354. The van der Waals surface area contributed by atoms with Gasteiger partial charge in [-0.2, -0.15) is 0 Å². The molecule has 5 nitrogen and oxygen atoms in total. The van der Waals surface area contributed by atoms with Gasteiger partial charge in [-0.05, 0) is 6.92 Å². The molecule has 1 heterocycles. The fraction of sp³-hybridized carbons (Fsp3) is 1.00. The molecule has 1 unspecified atom stereocenters. The van der Waals surface area contributed by atoms with E-state index in [0.717, 1.165) is 0 Å². The zero-order valence-electron chi connectivity index (χ0n) is 7.29. The van der Waals surface area contributed by atoms with Gasteiger partial charge in [-0.3, -0.25) is 0 Å². The smallest absolute Gasteiger partial charge is 0.125 e. The summed E-state index contributed by atoms with van der Waals surface area (Å²) in [4.78, 5) is 0. The van der Waals surface area contributed by atoms with E-state index in [0.29, 0.717) is 6.42 Å². The third-order valence-corrected chi connectivity index (χ3v) is 2.98. The Morgan fingerprint density at radius 1 is 1.15 bits per heavy atom. The Hall–Kier alpha value is -0.200. The van der Waals surface area contributed by atoms with Crippen molar-refractivity contribution in [3.8, 4) is 0 Å². The van der Waals surface area contributed by atoms with Crippen molar-refractivity contribution in [1.82, 2.24) is 0 Å². The van der Waals surface area contributed by atoms with Gasteiger partial charge in [-0.1, -0.05) is 0 Å². The SMILES string of the molecule is CC1O[C@@]2(C[C@H]2O)[C@@H](O)[C@@H](O)[C@H]1O. The summed E-state index contributed by atoms with van der Waals surface area (Å²) in [5, 5.41) is 37.6. The van der Waals surface area contributed by atoms with E-state index < -0.39 is 36.1 Å². The molecule has 5 heteroatoms. The molecular weight excluding hydrogens is 176 g/mol. The second kappa shape index (κ2) is 2.65. The van der Waals surface area contributed by atoms with Gasteiger partial charge >= 0.3 is 0 Å². The van der Waals surface area contributed by atoms with Crippen molar-refractivity contribution in [2.75, 3.05) is 0 Å². The van der Waals surface area contributed by atoms with Gasteiger partial charge in [-0.25, -0.2) is 0 Å². The molecule has 2 aliphatic rings. The highest BCUT2D eigenvalue weighted by molar-refractivity contribution is 5.16. The maximum absolute atomic E-state index is 9.53. The first kappa shape index (κ1) is 9.36. The highest BCUT2D eigenvalue weighted by Crippen LogP contribution is 2.48. The van der Waals surface area contributed by atoms with Crippen LogP contribution in [0.25, 0.3) is 0 Å². The third-order valence-electron chi connectivity index (χ3n) is 2.98. The van der Waals surface area contributed by atoms with Crippen molar-refractivity contribution >= 4 is 0 Å². The lowest BCUT2D eigenvalue weighted by Crippen LogP contribution is -2.59. The van der Waals surface area contributed by atoms with Crippen molar-refractivity contribution in [2.24, 2.45) is 0 Å². The Kier molecular flexibility index (Phi) is 1.91. The Bertz CT molecular complexity index is 221. The molecule has 0 aromatic heterocycles. The van der Waals surface area contributed by atoms with Crippen LogP contribution in [0.4, 0.5) is 0 Å². The van der Waals surface area contributed by atoms with Crippen LogP contribution in [-0.2, 0) is 4.74 Å². The van der Waals surface area contributed by atoms with Gasteiger partial charge in [0.05, 0.1) is 12.2 Å². The van der Waals surface area contributed by atoms with Crippen LogP contribution >= 0.6 is 0 Å². The molecule has 2 fully saturated rings. The van der Waals surface area contributed by atoms with Crippen molar-refractivity contribution in [1.29, 1.82) is 0 Å². The monoisotopic (exact) mass is 190 g/mol. The summed E-state index contributed by atoms with van der Waals surface area (Å²) in [6.45, 7) is 1.60. The average molecular weight is 190 g/mol. The van der Waals surface area contributed by atoms with Gasteiger partial charge in [0.1, 0.15) is 23.9 Å². The summed E-state index contributed by atoms with van der Waals surface area (Å²) in [5.74, 6) is 0. The van der Waals surface area contributed by atoms with Crippen molar-refractivity contribution < 1.29 is 25.2 Å². The van der Waals surface area contributed by atoms with Crippen molar-refractivity contribution in [3.05, 3.63) is 0 Å². The van der Waals surface area contributed by atoms with Crippen LogP contribution in [0, 0.1) is 0 Å². The van der Waals surface area contributed by atoms with Crippen LogP contribution < -0.4 is 0 Å². The molecule has 0 aromatic carbocycles. The maximum Gasteiger partial charge on any atom is 0.125 e. The van der Waals surface area contributed by atoms with E-state index in [1.807, 2.05) is 0 Å². The second-order valence-electron chi connectivity index (χ2n) is 3.92. The van der Waals surface area contributed by atoms with Gasteiger partial charge in [0.25, 0.3) is 0 Å². The summed E-state index contributed by atoms with van der Waals surface area (Å²) in [6, 6.07) is 0. The summed E-state index contributed by atoms with van der Waals surface area (Å²) < 4.78 is 5.28. The average Bonchev–Trinajstić information content (AvgIpc) is 2.71. The molecule has 4 N–H and O–H groups in total. The van der Waals surface area contributed by atoms with E-state index in [9.17, 15) is 20.4 Å². The van der Waals surface area contributed by atoms with Crippen molar-refractivity contribution in [2.45, 2.75) is 49.5 Å². The molecule has 1 saturated heterocycles. The van der Waals surface area contributed by atoms with Crippen LogP contribution in [0.1, 0.15) is 13.3 Å². The first-order valence-corrected chi connectivity index (χ1v) is 4.39. The number of aliphatic hydroxyl groups is 4. The van der Waals surface area contributed by atoms with E-state index >= 15 is 0 Å². The molecule has 6 atom stereocenters. The molecule has 1 aliphatic heterocycles. The van der Waals surface area contributed by atoms with E-state index in [4.69, 9.17) is 4.74 Å². The fourth-order valence-electron chi connectivity index (χ4n) is 1.93. The van der Waals surface area contributed by atoms with Gasteiger partial charge in [0, 0.05) is 6.42 Å². The molecule has 2 rings (SSSR count). The molecule has 0 bridgehead atoms. The topological polar surface area (TPSA) is 90.2 Å². The minimum atomic E-state index is -1.24. The Balaban J connectivity index is 2.17. The Morgan fingerprint density at radius 3 is 2.15 bits per heavy atom. The number of aliphatic hydroxyl groups excluding tert-OH is 4. The van der Waals surface area contributed by atoms with Crippen LogP contribution in [0.2, 0.25) is 0 Å². The summed E-state index contributed by atoms with van der Waals surface area (Å²) in [6.07, 6.45) is -4.49.